The molecule has 0 aliphatic heterocycles. The molecule has 2 aromatic rings. The Morgan fingerprint density at radius 2 is 1.83 bits per heavy atom. The van der Waals surface area contributed by atoms with Gasteiger partial charge in [-0.1, -0.05) is 0 Å². The van der Waals surface area contributed by atoms with Gasteiger partial charge in [-0.15, -0.1) is 0 Å². The summed E-state index contributed by atoms with van der Waals surface area (Å²) in [6.45, 7) is 6.42. The van der Waals surface area contributed by atoms with Crippen LogP contribution < -0.4 is 4.90 Å². The van der Waals surface area contributed by atoms with Crippen molar-refractivity contribution in [3.63, 3.8) is 0 Å². The van der Waals surface area contributed by atoms with Crippen molar-refractivity contribution in [1.82, 2.24) is 0 Å². The van der Waals surface area contributed by atoms with E-state index in [4.69, 9.17) is 0 Å². The first-order chi connectivity index (χ1) is 8.83. The van der Waals surface area contributed by atoms with E-state index in [0.717, 1.165) is 24.3 Å². The summed E-state index contributed by atoms with van der Waals surface area (Å²) in [6.07, 6.45) is 1.91. The third-order valence-electron chi connectivity index (χ3n) is 2.88. The molecule has 0 spiro atoms. The number of rotatable bonds is 5. The second-order valence-electron chi connectivity index (χ2n) is 4.00. The Balaban J connectivity index is 2.08. The topological polar surface area (TPSA) is 15.6 Å². The van der Waals surface area contributed by atoms with Crippen LogP contribution >= 0.6 is 11.3 Å². The van der Waals surface area contributed by atoms with E-state index >= 15 is 0 Å². The van der Waals surface area contributed by atoms with Gasteiger partial charge in [0.25, 0.3) is 0 Å². The molecule has 0 atom stereocenters. The molecular weight excluding hydrogens is 240 g/mol. The SMILES string of the molecule is CCN(CC)c1ccc(N=Cc2ccsc2)cc1. The minimum atomic E-state index is 0.997. The van der Waals surface area contributed by atoms with Crippen LogP contribution in [0, 0.1) is 0 Å². The maximum Gasteiger partial charge on any atom is 0.0631 e. The predicted octanol–water partition coefficient (Wildman–Crippen LogP) is 4.34. The van der Waals surface area contributed by atoms with E-state index in [0.29, 0.717) is 0 Å². The highest BCUT2D eigenvalue weighted by Crippen LogP contribution is 2.19. The number of hydrogen-bond acceptors (Lipinski definition) is 3. The second kappa shape index (κ2) is 6.36. The Hall–Kier alpha value is -1.61. The highest BCUT2D eigenvalue weighted by molar-refractivity contribution is 7.08. The van der Waals surface area contributed by atoms with Gasteiger partial charge < -0.3 is 4.90 Å². The number of thiophene rings is 1. The lowest BCUT2D eigenvalue weighted by atomic mass is 10.2. The van der Waals surface area contributed by atoms with Crippen molar-refractivity contribution in [3.8, 4) is 0 Å². The Morgan fingerprint density at radius 3 is 2.39 bits per heavy atom. The van der Waals surface area contributed by atoms with E-state index in [2.05, 4.69) is 64.8 Å². The molecule has 18 heavy (non-hydrogen) atoms. The van der Waals surface area contributed by atoms with E-state index < -0.39 is 0 Å². The van der Waals surface area contributed by atoms with Crippen LogP contribution in [0.5, 0.6) is 0 Å². The maximum absolute atomic E-state index is 4.46. The highest BCUT2D eigenvalue weighted by Gasteiger charge is 2.00. The van der Waals surface area contributed by atoms with Crippen LogP contribution in [-0.4, -0.2) is 19.3 Å². The molecule has 0 fully saturated rings. The van der Waals surface area contributed by atoms with E-state index in [1.165, 1.54) is 5.69 Å². The molecule has 1 aromatic carbocycles. The van der Waals surface area contributed by atoms with Crippen molar-refractivity contribution in [1.29, 1.82) is 0 Å². The summed E-state index contributed by atoms with van der Waals surface area (Å²) in [6, 6.07) is 10.5. The van der Waals surface area contributed by atoms with Gasteiger partial charge >= 0.3 is 0 Å². The number of anilines is 1. The molecule has 2 nitrogen and oxygen atoms in total. The van der Waals surface area contributed by atoms with Crippen molar-refractivity contribution in [3.05, 3.63) is 46.7 Å². The van der Waals surface area contributed by atoms with Crippen LogP contribution in [0.25, 0.3) is 0 Å². The fraction of sp³-hybridized carbons (Fsp3) is 0.267. The molecule has 1 aromatic heterocycles. The third kappa shape index (κ3) is 3.20. The van der Waals surface area contributed by atoms with Crippen LogP contribution in [0.2, 0.25) is 0 Å². The lowest BCUT2D eigenvalue weighted by Gasteiger charge is -2.20. The summed E-state index contributed by atoms with van der Waals surface area (Å²) >= 11 is 1.69. The number of aliphatic imine (C=N–C) groups is 1. The normalized spacial score (nSPS) is 11.0. The number of nitrogens with zero attached hydrogens (tertiary/aromatic N) is 2. The summed E-state index contributed by atoms with van der Waals surface area (Å²) in [4.78, 5) is 6.79. The van der Waals surface area contributed by atoms with Crippen LogP contribution in [0.15, 0.2) is 46.1 Å². The van der Waals surface area contributed by atoms with Crippen LogP contribution in [0.3, 0.4) is 0 Å². The first-order valence-electron chi connectivity index (χ1n) is 6.24. The Bertz CT molecular complexity index is 482. The first-order valence-corrected chi connectivity index (χ1v) is 7.19. The van der Waals surface area contributed by atoms with Crippen LogP contribution in [-0.2, 0) is 0 Å². The van der Waals surface area contributed by atoms with Gasteiger partial charge in [-0.3, -0.25) is 4.99 Å². The molecule has 0 saturated heterocycles. The van der Waals surface area contributed by atoms with E-state index in [-0.39, 0.29) is 0 Å². The molecule has 1 heterocycles. The number of hydrogen-bond donors (Lipinski definition) is 0. The summed E-state index contributed by atoms with van der Waals surface area (Å²) in [7, 11) is 0. The molecule has 0 aliphatic carbocycles. The smallest absolute Gasteiger partial charge is 0.0631 e. The van der Waals surface area contributed by atoms with Gasteiger partial charge in [0, 0.05) is 30.6 Å². The largest absolute Gasteiger partial charge is 0.372 e. The molecule has 0 radical (unpaired) electrons. The van der Waals surface area contributed by atoms with E-state index in [9.17, 15) is 0 Å². The lowest BCUT2D eigenvalue weighted by Crippen LogP contribution is -2.21. The average molecular weight is 258 g/mol. The Labute approximate surface area is 113 Å². The zero-order chi connectivity index (χ0) is 12.8. The van der Waals surface area contributed by atoms with Gasteiger partial charge in [0.2, 0.25) is 0 Å². The monoisotopic (exact) mass is 258 g/mol. The number of benzene rings is 1. The maximum atomic E-state index is 4.46. The zero-order valence-corrected chi connectivity index (χ0v) is 11.7. The van der Waals surface area contributed by atoms with Gasteiger partial charge in [-0.05, 0) is 54.9 Å². The van der Waals surface area contributed by atoms with E-state index in [1.807, 2.05) is 6.21 Å². The van der Waals surface area contributed by atoms with Gasteiger partial charge in [-0.25, -0.2) is 0 Å². The molecule has 0 unspecified atom stereocenters. The minimum Gasteiger partial charge on any atom is -0.372 e. The van der Waals surface area contributed by atoms with Gasteiger partial charge in [0.05, 0.1) is 5.69 Å². The zero-order valence-electron chi connectivity index (χ0n) is 10.8. The second-order valence-corrected chi connectivity index (χ2v) is 4.78. The molecule has 94 valence electrons. The molecular formula is C15H18N2S. The van der Waals surface area contributed by atoms with Crippen molar-refractivity contribution in [2.45, 2.75) is 13.8 Å². The molecule has 3 heteroatoms. The Morgan fingerprint density at radius 1 is 1.11 bits per heavy atom. The summed E-state index contributed by atoms with van der Waals surface area (Å²) in [5.74, 6) is 0. The third-order valence-corrected chi connectivity index (χ3v) is 3.59. The van der Waals surface area contributed by atoms with E-state index in [1.54, 1.807) is 11.3 Å². The van der Waals surface area contributed by atoms with Gasteiger partial charge in [-0.2, -0.15) is 11.3 Å². The van der Waals surface area contributed by atoms with Crippen molar-refractivity contribution in [2.75, 3.05) is 18.0 Å². The standard InChI is InChI=1S/C15H18N2S/c1-3-17(4-2)15-7-5-14(6-8-15)16-11-13-9-10-18-12-13/h5-12H,3-4H2,1-2H3. The summed E-state index contributed by atoms with van der Waals surface area (Å²) in [5.41, 5.74) is 3.42. The first kappa shape index (κ1) is 12.8. The quantitative estimate of drug-likeness (QED) is 0.728. The van der Waals surface area contributed by atoms with Crippen molar-refractivity contribution >= 4 is 28.9 Å². The predicted molar refractivity (Wildman–Crippen MR) is 81.6 cm³/mol. The Kier molecular flexibility index (Phi) is 4.53. The summed E-state index contributed by atoms with van der Waals surface area (Å²) < 4.78 is 0. The molecule has 2 rings (SSSR count). The lowest BCUT2D eigenvalue weighted by molar-refractivity contribution is 0.866. The molecule has 0 amide bonds. The summed E-state index contributed by atoms with van der Waals surface area (Å²) in [5, 5.41) is 4.15. The average Bonchev–Trinajstić information content (AvgIpc) is 2.92. The van der Waals surface area contributed by atoms with Crippen molar-refractivity contribution in [2.24, 2.45) is 4.99 Å². The minimum absolute atomic E-state index is 0.997. The fourth-order valence-electron chi connectivity index (χ4n) is 1.84. The fourth-order valence-corrected chi connectivity index (χ4v) is 2.45. The van der Waals surface area contributed by atoms with Crippen LogP contribution in [0.4, 0.5) is 11.4 Å². The molecule has 0 N–H and O–H groups in total. The van der Waals surface area contributed by atoms with Gasteiger partial charge in [0.15, 0.2) is 0 Å². The molecule has 0 aliphatic rings. The molecule has 0 saturated carbocycles. The van der Waals surface area contributed by atoms with Gasteiger partial charge in [0.1, 0.15) is 0 Å². The van der Waals surface area contributed by atoms with Crippen molar-refractivity contribution < 1.29 is 0 Å². The van der Waals surface area contributed by atoms with Crippen LogP contribution in [0.1, 0.15) is 19.4 Å². The molecule has 0 bridgehead atoms. The highest BCUT2D eigenvalue weighted by atomic mass is 32.1.